The third-order valence-electron chi connectivity index (χ3n) is 2.02. The fourth-order valence-corrected chi connectivity index (χ4v) is 1.24. The summed E-state index contributed by atoms with van der Waals surface area (Å²) in [6.45, 7) is 3.24. The van der Waals surface area contributed by atoms with E-state index in [4.69, 9.17) is 5.73 Å². The molecule has 16 heavy (non-hydrogen) atoms. The van der Waals surface area contributed by atoms with Crippen molar-refractivity contribution >= 4 is 23.2 Å². The third-order valence-corrected chi connectivity index (χ3v) is 2.02. The Kier molecular flexibility index (Phi) is 4.02. The van der Waals surface area contributed by atoms with Crippen molar-refractivity contribution < 1.29 is 9.59 Å². The molecule has 0 spiro atoms. The zero-order valence-electron chi connectivity index (χ0n) is 9.33. The van der Waals surface area contributed by atoms with Crippen LogP contribution in [0, 0.1) is 6.92 Å². The van der Waals surface area contributed by atoms with E-state index in [1.165, 1.54) is 6.92 Å². The van der Waals surface area contributed by atoms with Gasteiger partial charge in [-0.15, -0.1) is 0 Å². The van der Waals surface area contributed by atoms with E-state index in [0.717, 1.165) is 5.56 Å². The van der Waals surface area contributed by atoms with Crippen LogP contribution >= 0.6 is 0 Å². The summed E-state index contributed by atoms with van der Waals surface area (Å²) >= 11 is 0. The minimum atomic E-state index is -0.266. The van der Waals surface area contributed by atoms with Gasteiger partial charge in [-0.05, 0) is 24.6 Å². The van der Waals surface area contributed by atoms with E-state index in [9.17, 15) is 9.59 Å². The number of anilines is 2. The van der Waals surface area contributed by atoms with E-state index in [-0.39, 0.29) is 18.4 Å². The Balaban J connectivity index is 2.88. The maximum absolute atomic E-state index is 11.1. The fourth-order valence-electron chi connectivity index (χ4n) is 1.24. The number of rotatable bonds is 3. The van der Waals surface area contributed by atoms with Crippen molar-refractivity contribution in [1.29, 1.82) is 0 Å². The maximum Gasteiger partial charge on any atom is 0.238 e. The second-order valence-corrected chi connectivity index (χ2v) is 3.46. The molecular weight excluding hydrogens is 206 g/mol. The van der Waals surface area contributed by atoms with Crippen molar-refractivity contribution in [1.82, 2.24) is 0 Å². The average Bonchev–Trinajstić information content (AvgIpc) is 2.22. The van der Waals surface area contributed by atoms with Gasteiger partial charge in [0.05, 0.1) is 6.54 Å². The first-order valence-electron chi connectivity index (χ1n) is 4.91. The summed E-state index contributed by atoms with van der Waals surface area (Å²) in [5.41, 5.74) is 7.42. The van der Waals surface area contributed by atoms with Gasteiger partial charge < -0.3 is 16.4 Å². The number of hydrogen-bond donors (Lipinski definition) is 3. The monoisotopic (exact) mass is 221 g/mol. The van der Waals surface area contributed by atoms with Crippen LogP contribution in [0.3, 0.4) is 0 Å². The first-order chi connectivity index (χ1) is 7.52. The van der Waals surface area contributed by atoms with Crippen molar-refractivity contribution in [2.75, 3.05) is 17.2 Å². The third kappa shape index (κ3) is 3.36. The van der Waals surface area contributed by atoms with Crippen molar-refractivity contribution in [3.05, 3.63) is 23.8 Å². The molecule has 0 radical (unpaired) electrons. The molecule has 0 unspecified atom stereocenters. The summed E-state index contributed by atoms with van der Waals surface area (Å²) < 4.78 is 0. The SMILES string of the molecule is CC(=O)Nc1cc(NC(=O)CN)ccc1C. The summed E-state index contributed by atoms with van der Waals surface area (Å²) in [6, 6.07) is 5.27. The van der Waals surface area contributed by atoms with E-state index < -0.39 is 0 Å². The molecule has 1 rings (SSSR count). The highest BCUT2D eigenvalue weighted by molar-refractivity contribution is 5.94. The number of nitrogens with two attached hydrogens (primary N) is 1. The normalized spacial score (nSPS) is 9.69. The molecule has 1 aromatic carbocycles. The summed E-state index contributed by atoms with van der Waals surface area (Å²) in [4.78, 5) is 22.0. The Bertz CT molecular complexity index is 416. The van der Waals surface area contributed by atoms with E-state index in [2.05, 4.69) is 10.6 Å². The van der Waals surface area contributed by atoms with Crippen molar-refractivity contribution in [3.63, 3.8) is 0 Å². The molecule has 0 aromatic heterocycles. The second-order valence-electron chi connectivity index (χ2n) is 3.46. The second kappa shape index (κ2) is 5.27. The Morgan fingerprint density at radius 2 is 2.00 bits per heavy atom. The molecule has 0 heterocycles. The standard InChI is InChI=1S/C11H15N3O2/c1-7-3-4-9(14-11(16)6-12)5-10(7)13-8(2)15/h3-5H,6,12H2,1-2H3,(H,13,15)(H,14,16). The first-order valence-corrected chi connectivity index (χ1v) is 4.91. The molecule has 5 heteroatoms. The first kappa shape index (κ1) is 12.2. The van der Waals surface area contributed by atoms with Gasteiger partial charge in [-0.1, -0.05) is 6.07 Å². The lowest BCUT2D eigenvalue weighted by Gasteiger charge is -2.09. The number of amides is 2. The molecule has 0 aliphatic heterocycles. The lowest BCUT2D eigenvalue weighted by atomic mass is 10.1. The fraction of sp³-hybridized carbons (Fsp3) is 0.273. The van der Waals surface area contributed by atoms with Crippen LogP contribution in [-0.4, -0.2) is 18.4 Å². The highest BCUT2D eigenvalue weighted by Crippen LogP contribution is 2.20. The van der Waals surface area contributed by atoms with E-state index >= 15 is 0 Å². The number of benzene rings is 1. The quantitative estimate of drug-likeness (QED) is 0.707. The van der Waals surface area contributed by atoms with E-state index in [1.807, 2.05) is 13.0 Å². The summed E-state index contributed by atoms with van der Waals surface area (Å²) in [5, 5.41) is 5.30. The number of hydrogen-bond acceptors (Lipinski definition) is 3. The van der Waals surface area contributed by atoms with Gasteiger partial charge in [0, 0.05) is 18.3 Å². The van der Waals surface area contributed by atoms with Gasteiger partial charge in [0.2, 0.25) is 11.8 Å². The predicted molar refractivity (Wildman–Crippen MR) is 63.2 cm³/mol. The van der Waals surface area contributed by atoms with Gasteiger partial charge in [0.25, 0.3) is 0 Å². The lowest BCUT2D eigenvalue weighted by molar-refractivity contribution is -0.115. The van der Waals surface area contributed by atoms with Gasteiger partial charge in [-0.3, -0.25) is 9.59 Å². The number of aryl methyl sites for hydroxylation is 1. The lowest BCUT2D eigenvalue weighted by Crippen LogP contribution is -2.22. The Morgan fingerprint density at radius 3 is 2.56 bits per heavy atom. The van der Waals surface area contributed by atoms with Crippen molar-refractivity contribution in [2.24, 2.45) is 5.73 Å². The molecule has 0 aliphatic rings. The summed E-state index contributed by atoms with van der Waals surface area (Å²) in [6.07, 6.45) is 0. The topological polar surface area (TPSA) is 84.2 Å². The minimum Gasteiger partial charge on any atom is -0.326 e. The highest BCUT2D eigenvalue weighted by Gasteiger charge is 2.04. The Hall–Kier alpha value is -1.88. The zero-order chi connectivity index (χ0) is 12.1. The van der Waals surface area contributed by atoms with Crippen LogP contribution in [0.25, 0.3) is 0 Å². The van der Waals surface area contributed by atoms with Gasteiger partial charge in [-0.2, -0.15) is 0 Å². The van der Waals surface area contributed by atoms with Gasteiger partial charge >= 0.3 is 0 Å². The van der Waals surface area contributed by atoms with Crippen LogP contribution in [0.4, 0.5) is 11.4 Å². The van der Waals surface area contributed by atoms with E-state index in [1.54, 1.807) is 12.1 Å². The molecule has 5 nitrogen and oxygen atoms in total. The molecule has 0 saturated carbocycles. The molecule has 86 valence electrons. The molecule has 0 aliphatic carbocycles. The molecular formula is C11H15N3O2. The Morgan fingerprint density at radius 1 is 1.31 bits per heavy atom. The largest absolute Gasteiger partial charge is 0.326 e. The number of nitrogens with one attached hydrogen (secondary N) is 2. The van der Waals surface area contributed by atoms with Gasteiger partial charge in [0.1, 0.15) is 0 Å². The van der Waals surface area contributed by atoms with Crippen molar-refractivity contribution in [3.8, 4) is 0 Å². The number of carbonyl (C=O) groups is 2. The van der Waals surface area contributed by atoms with Crippen LogP contribution in [0.1, 0.15) is 12.5 Å². The molecule has 0 fully saturated rings. The number of carbonyl (C=O) groups excluding carboxylic acids is 2. The zero-order valence-corrected chi connectivity index (χ0v) is 9.33. The summed E-state index contributed by atoms with van der Waals surface area (Å²) in [5.74, 6) is -0.414. The van der Waals surface area contributed by atoms with Crippen molar-refractivity contribution in [2.45, 2.75) is 13.8 Å². The van der Waals surface area contributed by atoms with Gasteiger partial charge in [0.15, 0.2) is 0 Å². The van der Waals surface area contributed by atoms with Gasteiger partial charge in [-0.25, -0.2) is 0 Å². The van der Waals surface area contributed by atoms with Crippen LogP contribution in [0.5, 0.6) is 0 Å². The van der Waals surface area contributed by atoms with E-state index in [0.29, 0.717) is 11.4 Å². The maximum atomic E-state index is 11.1. The smallest absolute Gasteiger partial charge is 0.238 e. The molecule has 2 amide bonds. The highest BCUT2D eigenvalue weighted by atomic mass is 16.2. The predicted octanol–water partition coefficient (Wildman–Crippen LogP) is 0.851. The average molecular weight is 221 g/mol. The molecule has 1 aromatic rings. The van der Waals surface area contributed by atoms with Crippen LogP contribution < -0.4 is 16.4 Å². The summed E-state index contributed by atoms with van der Waals surface area (Å²) in [7, 11) is 0. The molecule has 0 saturated heterocycles. The van der Waals surface area contributed by atoms with Crippen LogP contribution in [0.15, 0.2) is 18.2 Å². The molecule has 4 N–H and O–H groups in total. The molecule has 0 bridgehead atoms. The van der Waals surface area contributed by atoms with Crippen LogP contribution in [-0.2, 0) is 9.59 Å². The Labute approximate surface area is 94.0 Å². The van der Waals surface area contributed by atoms with Crippen LogP contribution in [0.2, 0.25) is 0 Å². The molecule has 0 atom stereocenters. The minimum absolute atomic E-state index is 0.0661.